The number of nitrogens with one attached hydrogen (secondary N) is 2. The van der Waals surface area contributed by atoms with E-state index >= 15 is 0 Å². The summed E-state index contributed by atoms with van der Waals surface area (Å²) in [5.74, 6) is -0.194. The Hall–Kier alpha value is -1.66. The third-order valence-electron chi connectivity index (χ3n) is 2.62. The Morgan fingerprint density at radius 3 is 3.11 bits per heavy atom. The van der Waals surface area contributed by atoms with Crippen LogP contribution in [-0.2, 0) is 0 Å². The minimum Gasteiger partial charge on any atom is -0.429 e. The van der Waals surface area contributed by atoms with E-state index in [-0.39, 0.29) is 23.4 Å². The van der Waals surface area contributed by atoms with Gasteiger partial charge in [0.2, 0.25) is 0 Å². The number of aromatic amines is 1. The van der Waals surface area contributed by atoms with Gasteiger partial charge in [-0.05, 0) is 43.8 Å². The molecule has 5 nitrogen and oxygen atoms in total. The standard InChI is InChI=1S/C12H14N2O3S/c1-7(4-5-15)13-11(16)8-2-3-9-10(6-8)17-12(18)14-9/h2-3,6-7,15H,4-5H2,1H3,(H,13,16)(H,14,18)/t7-/m1/s1. The van der Waals surface area contributed by atoms with Crippen LogP contribution in [0.25, 0.3) is 11.1 Å². The lowest BCUT2D eigenvalue weighted by Gasteiger charge is -2.12. The van der Waals surface area contributed by atoms with E-state index in [1.54, 1.807) is 18.2 Å². The maximum atomic E-state index is 11.9. The summed E-state index contributed by atoms with van der Waals surface area (Å²) in [6, 6.07) is 5.02. The van der Waals surface area contributed by atoms with E-state index in [9.17, 15) is 4.79 Å². The van der Waals surface area contributed by atoms with Crippen molar-refractivity contribution in [2.24, 2.45) is 0 Å². The van der Waals surface area contributed by atoms with Crippen molar-refractivity contribution < 1.29 is 14.3 Å². The van der Waals surface area contributed by atoms with Crippen LogP contribution in [0, 0.1) is 4.84 Å². The summed E-state index contributed by atoms with van der Waals surface area (Å²) in [7, 11) is 0. The molecule has 0 spiro atoms. The first kappa shape index (κ1) is 12.8. The number of aliphatic hydroxyl groups is 1. The zero-order chi connectivity index (χ0) is 13.1. The Kier molecular flexibility index (Phi) is 3.78. The maximum Gasteiger partial charge on any atom is 0.266 e. The number of H-pyrrole nitrogens is 1. The van der Waals surface area contributed by atoms with E-state index in [1.807, 2.05) is 6.92 Å². The van der Waals surface area contributed by atoms with Crippen LogP contribution < -0.4 is 5.32 Å². The maximum absolute atomic E-state index is 11.9. The molecule has 3 N–H and O–H groups in total. The summed E-state index contributed by atoms with van der Waals surface area (Å²) in [5.41, 5.74) is 1.83. The van der Waals surface area contributed by atoms with Gasteiger partial charge in [0.25, 0.3) is 10.7 Å². The lowest BCUT2D eigenvalue weighted by molar-refractivity contribution is 0.0934. The number of hydrogen-bond acceptors (Lipinski definition) is 4. The molecule has 18 heavy (non-hydrogen) atoms. The monoisotopic (exact) mass is 266 g/mol. The number of amides is 1. The quantitative estimate of drug-likeness (QED) is 0.739. The number of carbonyl (C=O) groups excluding carboxylic acids is 1. The van der Waals surface area contributed by atoms with Gasteiger partial charge in [0.05, 0.1) is 5.52 Å². The van der Waals surface area contributed by atoms with Gasteiger partial charge in [-0.3, -0.25) is 4.79 Å². The largest absolute Gasteiger partial charge is 0.429 e. The smallest absolute Gasteiger partial charge is 0.266 e. The highest BCUT2D eigenvalue weighted by Crippen LogP contribution is 2.15. The van der Waals surface area contributed by atoms with E-state index in [0.717, 1.165) is 5.52 Å². The van der Waals surface area contributed by atoms with Crippen LogP contribution in [0.1, 0.15) is 23.7 Å². The molecule has 0 radical (unpaired) electrons. The summed E-state index contributed by atoms with van der Waals surface area (Å²) in [4.78, 5) is 15.1. The zero-order valence-electron chi connectivity index (χ0n) is 9.90. The Morgan fingerprint density at radius 2 is 2.39 bits per heavy atom. The van der Waals surface area contributed by atoms with Gasteiger partial charge in [0.1, 0.15) is 0 Å². The van der Waals surface area contributed by atoms with Gasteiger partial charge < -0.3 is 19.8 Å². The average molecular weight is 266 g/mol. The van der Waals surface area contributed by atoms with Crippen LogP contribution in [0.5, 0.6) is 0 Å². The number of carbonyl (C=O) groups is 1. The third kappa shape index (κ3) is 2.77. The molecule has 0 unspecified atom stereocenters. The molecule has 1 aromatic heterocycles. The van der Waals surface area contributed by atoms with Crippen molar-refractivity contribution in [2.45, 2.75) is 19.4 Å². The van der Waals surface area contributed by atoms with Gasteiger partial charge in [0.15, 0.2) is 5.58 Å². The van der Waals surface area contributed by atoms with Gasteiger partial charge in [0, 0.05) is 18.2 Å². The SMILES string of the molecule is C[C@H](CCO)NC(=O)c1ccc2[nH]c(=S)oc2c1. The van der Waals surface area contributed by atoms with E-state index in [4.69, 9.17) is 21.7 Å². The molecular weight excluding hydrogens is 252 g/mol. The zero-order valence-corrected chi connectivity index (χ0v) is 10.7. The molecule has 96 valence electrons. The van der Waals surface area contributed by atoms with Crippen molar-refractivity contribution in [3.05, 3.63) is 28.6 Å². The summed E-state index contributed by atoms with van der Waals surface area (Å²) < 4.78 is 5.25. The summed E-state index contributed by atoms with van der Waals surface area (Å²) in [6.07, 6.45) is 0.527. The number of hydrogen-bond donors (Lipinski definition) is 3. The number of rotatable bonds is 4. The molecule has 6 heteroatoms. The molecule has 0 aliphatic carbocycles. The van der Waals surface area contributed by atoms with Crippen LogP contribution in [0.2, 0.25) is 0 Å². The van der Waals surface area contributed by atoms with Gasteiger partial charge in [-0.15, -0.1) is 0 Å². The minimum absolute atomic E-state index is 0.0485. The predicted octanol–water partition coefficient (Wildman–Crippen LogP) is 1.99. The second-order valence-corrected chi connectivity index (χ2v) is 4.48. The lowest BCUT2D eigenvalue weighted by Crippen LogP contribution is -2.33. The van der Waals surface area contributed by atoms with E-state index in [1.165, 1.54) is 0 Å². The molecule has 0 fully saturated rings. The van der Waals surface area contributed by atoms with Crippen LogP contribution in [0.15, 0.2) is 22.6 Å². The molecule has 0 bridgehead atoms. The highest BCUT2D eigenvalue weighted by atomic mass is 32.1. The molecule has 1 aromatic carbocycles. The molecule has 2 rings (SSSR count). The van der Waals surface area contributed by atoms with Crippen molar-refractivity contribution in [2.75, 3.05) is 6.61 Å². The molecule has 0 aliphatic heterocycles. The summed E-state index contributed by atoms with van der Waals surface area (Å²) in [5, 5.41) is 11.6. The van der Waals surface area contributed by atoms with E-state index in [2.05, 4.69) is 10.3 Å². The molecule has 0 saturated heterocycles. The number of aliphatic hydroxyl groups excluding tert-OH is 1. The normalized spacial score (nSPS) is 12.6. The van der Waals surface area contributed by atoms with Crippen LogP contribution in [-0.4, -0.2) is 28.6 Å². The van der Waals surface area contributed by atoms with Crippen LogP contribution >= 0.6 is 12.2 Å². The fourth-order valence-corrected chi connectivity index (χ4v) is 1.86. The third-order valence-corrected chi connectivity index (χ3v) is 2.81. The van der Waals surface area contributed by atoms with Gasteiger partial charge in [-0.1, -0.05) is 0 Å². The number of oxazole rings is 1. The minimum atomic E-state index is -0.194. The molecule has 1 atom stereocenters. The van der Waals surface area contributed by atoms with Crippen LogP contribution in [0.4, 0.5) is 0 Å². The Balaban J connectivity index is 2.19. The first-order chi connectivity index (χ1) is 8.60. The van der Waals surface area contributed by atoms with Crippen molar-refractivity contribution >= 4 is 29.2 Å². The Morgan fingerprint density at radius 1 is 1.61 bits per heavy atom. The highest BCUT2D eigenvalue weighted by molar-refractivity contribution is 7.71. The molecule has 2 aromatic rings. The Bertz CT molecular complexity index is 617. The predicted molar refractivity (Wildman–Crippen MR) is 70.0 cm³/mol. The van der Waals surface area contributed by atoms with E-state index < -0.39 is 0 Å². The summed E-state index contributed by atoms with van der Waals surface area (Å²) >= 11 is 4.88. The fourth-order valence-electron chi connectivity index (χ4n) is 1.66. The first-order valence-electron chi connectivity index (χ1n) is 5.65. The second-order valence-electron chi connectivity index (χ2n) is 4.11. The molecular formula is C12H14N2O3S. The second kappa shape index (κ2) is 5.32. The van der Waals surface area contributed by atoms with Gasteiger partial charge in [-0.25, -0.2) is 0 Å². The van der Waals surface area contributed by atoms with Crippen LogP contribution in [0.3, 0.4) is 0 Å². The molecule has 0 aliphatic rings. The first-order valence-corrected chi connectivity index (χ1v) is 6.05. The number of fused-ring (bicyclic) bond motifs is 1. The van der Waals surface area contributed by atoms with E-state index in [0.29, 0.717) is 17.6 Å². The fraction of sp³-hybridized carbons (Fsp3) is 0.333. The van der Waals surface area contributed by atoms with Crippen molar-refractivity contribution in [1.82, 2.24) is 10.3 Å². The van der Waals surface area contributed by atoms with Crippen molar-refractivity contribution in [1.29, 1.82) is 0 Å². The average Bonchev–Trinajstić information content (AvgIpc) is 2.68. The molecule has 1 amide bonds. The van der Waals surface area contributed by atoms with Gasteiger partial charge in [-0.2, -0.15) is 0 Å². The van der Waals surface area contributed by atoms with Gasteiger partial charge >= 0.3 is 0 Å². The van der Waals surface area contributed by atoms with Crippen molar-refractivity contribution in [3.8, 4) is 0 Å². The molecule has 0 saturated carbocycles. The van der Waals surface area contributed by atoms with Crippen molar-refractivity contribution in [3.63, 3.8) is 0 Å². The summed E-state index contributed by atoms with van der Waals surface area (Å²) in [6.45, 7) is 1.89. The number of aromatic nitrogens is 1. The topological polar surface area (TPSA) is 78.3 Å². The Labute approximate surface area is 109 Å². The highest BCUT2D eigenvalue weighted by Gasteiger charge is 2.11. The number of benzene rings is 1. The molecule has 1 heterocycles. The lowest BCUT2D eigenvalue weighted by atomic mass is 10.1.